The Morgan fingerprint density at radius 3 is 2.93 bits per heavy atom. The van der Waals surface area contributed by atoms with E-state index in [9.17, 15) is 5.11 Å². The lowest BCUT2D eigenvalue weighted by Crippen LogP contribution is -2.29. The topological polar surface area (TPSA) is 50.9 Å². The second-order valence-corrected chi connectivity index (χ2v) is 4.04. The molecule has 4 heteroatoms. The average Bonchev–Trinajstić information content (AvgIpc) is 2.58. The summed E-state index contributed by atoms with van der Waals surface area (Å²) in [6.45, 7) is 2.15. The Morgan fingerprint density at radius 1 is 1.64 bits per heavy atom. The number of aryl methyl sites for hydroxylation is 1. The molecule has 0 saturated carbocycles. The van der Waals surface area contributed by atoms with E-state index in [-0.39, 0.29) is 0 Å². The van der Waals surface area contributed by atoms with Crippen LogP contribution in [0.1, 0.15) is 25.5 Å². The maximum absolute atomic E-state index is 10.3. The molecule has 1 aliphatic carbocycles. The molecular weight excluding hydrogens is 178 g/mol. The van der Waals surface area contributed by atoms with E-state index < -0.39 is 5.60 Å². The molecule has 14 heavy (non-hydrogen) atoms. The van der Waals surface area contributed by atoms with Gasteiger partial charge in [0.15, 0.2) is 0 Å². The van der Waals surface area contributed by atoms with Crippen molar-refractivity contribution in [3.05, 3.63) is 24.0 Å². The Balaban J connectivity index is 2.34. The molecule has 2 atom stereocenters. The van der Waals surface area contributed by atoms with E-state index in [0.717, 1.165) is 18.5 Å². The Bertz CT molecular complexity index is 358. The predicted molar refractivity (Wildman–Crippen MR) is 52.4 cm³/mol. The number of aliphatic hydroxyl groups is 1. The molecule has 1 aliphatic rings. The molecule has 0 amide bonds. The maximum atomic E-state index is 10.3. The second kappa shape index (κ2) is 3.20. The minimum absolute atomic E-state index is 0.552. The first-order chi connectivity index (χ1) is 6.62. The van der Waals surface area contributed by atoms with Crippen molar-refractivity contribution in [3.63, 3.8) is 0 Å². The van der Waals surface area contributed by atoms with Crippen molar-refractivity contribution < 1.29 is 5.11 Å². The molecule has 0 saturated heterocycles. The van der Waals surface area contributed by atoms with E-state index in [1.807, 2.05) is 6.08 Å². The molecule has 1 heterocycles. The van der Waals surface area contributed by atoms with E-state index in [4.69, 9.17) is 0 Å². The highest BCUT2D eigenvalue weighted by atomic mass is 16.3. The molecule has 76 valence electrons. The fourth-order valence-corrected chi connectivity index (χ4v) is 1.85. The van der Waals surface area contributed by atoms with Gasteiger partial charge in [-0.1, -0.05) is 24.3 Å². The van der Waals surface area contributed by atoms with Crippen LogP contribution in [0, 0.1) is 5.92 Å². The van der Waals surface area contributed by atoms with Crippen molar-refractivity contribution in [2.24, 2.45) is 13.0 Å². The summed E-state index contributed by atoms with van der Waals surface area (Å²) < 4.78 is 1.63. The number of allylic oxidation sites excluding steroid dienone is 1. The molecule has 1 aromatic heterocycles. The summed E-state index contributed by atoms with van der Waals surface area (Å²) in [5.41, 5.74) is -0.106. The summed E-state index contributed by atoms with van der Waals surface area (Å²) in [6, 6.07) is 0. The molecule has 0 aromatic carbocycles. The van der Waals surface area contributed by atoms with Gasteiger partial charge in [-0.3, -0.25) is 0 Å². The standard InChI is InChI=1S/C10H15N3O/c1-8-3-5-10(14,6-4-8)9-7-11-12-13(9)2/h3,5,7-8,14H,4,6H2,1-2H3. The molecule has 2 unspecified atom stereocenters. The predicted octanol–water partition coefficient (Wildman–Crippen LogP) is 0.989. The highest BCUT2D eigenvalue weighted by molar-refractivity contribution is 5.19. The minimum Gasteiger partial charge on any atom is -0.379 e. The van der Waals surface area contributed by atoms with Crippen molar-refractivity contribution in [2.75, 3.05) is 0 Å². The lowest BCUT2D eigenvalue weighted by atomic mass is 9.84. The fraction of sp³-hybridized carbons (Fsp3) is 0.600. The summed E-state index contributed by atoms with van der Waals surface area (Å²) in [5.74, 6) is 0.552. The van der Waals surface area contributed by atoms with E-state index in [1.165, 1.54) is 0 Å². The Morgan fingerprint density at radius 2 is 2.43 bits per heavy atom. The fourth-order valence-electron chi connectivity index (χ4n) is 1.85. The van der Waals surface area contributed by atoms with Crippen LogP contribution in [0.15, 0.2) is 18.3 Å². The zero-order valence-electron chi connectivity index (χ0n) is 8.51. The highest BCUT2D eigenvalue weighted by Gasteiger charge is 2.32. The lowest BCUT2D eigenvalue weighted by Gasteiger charge is -2.29. The van der Waals surface area contributed by atoms with E-state index in [0.29, 0.717) is 5.92 Å². The summed E-state index contributed by atoms with van der Waals surface area (Å²) in [7, 11) is 1.80. The van der Waals surface area contributed by atoms with E-state index >= 15 is 0 Å². The number of rotatable bonds is 1. The van der Waals surface area contributed by atoms with Gasteiger partial charge in [0.1, 0.15) is 5.60 Å². The third-order valence-corrected chi connectivity index (χ3v) is 2.84. The van der Waals surface area contributed by atoms with Gasteiger partial charge in [-0.15, -0.1) is 5.10 Å². The summed E-state index contributed by atoms with van der Waals surface area (Å²) in [6.07, 6.45) is 7.28. The van der Waals surface area contributed by atoms with Crippen molar-refractivity contribution in [1.82, 2.24) is 15.0 Å². The molecule has 0 fully saturated rings. The quantitative estimate of drug-likeness (QED) is 0.677. The van der Waals surface area contributed by atoms with Crippen molar-refractivity contribution >= 4 is 0 Å². The van der Waals surface area contributed by atoms with Gasteiger partial charge < -0.3 is 5.11 Å². The van der Waals surface area contributed by atoms with Gasteiger partial charge in [0.05, 0.1) is 11.9 Å². The largest absolute Gasteiger partial charge is 0.379 e. The molecule has 4 nitrogen and oxygen atoms in total. The first-order valence-corrected chi connectivity index (χ1v) is 4.89. The Kier molecular flexibility index (Phi) is 2.15. The number of aromatic nitrogens is 3. The van der Waals surface area contributed by atoms with Gasteiger partial charge >= 0.3 is 0 Å². The molecule has 0 spiro atoms. The van der Waals surface area contributed by atoms with Gasteiger partial charge in [0.2, 0.25) is 0 Å². The van der Waals surface area contributed by atoms with Crippen LogP contribution in [0.3, 0.4) is 0 Å². The maximum Gasteiger partial charge on any atom is 0.126 e. The van der Waals surface area contributed by atoms with Crippen LogP contribution in [0.25, 0.3) is 0 Å². The molecule has 1 aromatic rings. The number of nitrogens with zero attached hydrogens (tertiary/aromatic N) is 3. The van der Waals surface area contributed by atoms with Gasteiger partial charge in [0, 0.05) is 7.05 Å². The van der Waals surface area contributed by atoms with E-state index in [2.05, 4.69) is 23.3 Å². The first kappa shape index (κ1) is 9.40. The average molecular weight is 193 g/mol. The SMILES string of the molecule is CC1C=CC(O)(c2cnnn2C)CC1. The molecule has 0 bridgehead atoms. The van der Waals surface area contributed by atoms with Crippen molar-refractivity contribution in [3.8, 4) is 0 Å². The lowest BCUT2D eigenvalue weighted by molar-refractivity contribution is 0.0590. The third kappa shape index (κ3) is 1.46. The number of hydrogen-bond donors (Lipinski definition) is 1. The van der Waals surface area contributed by atoms with Gasteiger partial charge in [-0.05, 0) is 18.8 Å². The molecule has 0 aliphatic heterocycles. The van der Waals surface area contributed by atoms with Crippen LogP contribution >= 0.6 is 0 Å². The second-order valence-electron chi connectivity index (χ2n) is 4.04. The van der Waals surface area contributed by atoms with Crippen molar-refractivity contribution in [2.45, 2.75) is 25.4 Å². The van der Waals surface area contributed by atoms with Crippen LogP contribution in [0.5, 0.6) is 0 Å². The summed E-state index contributed by atoms with van der Waals surface area (Å²) >= 11 is 0. The Labute approximate surface area is 83.2 Å². The molecular formula is C10H15N3O. The first-order valence-electron chi connectivity index (χ1n) is 4.89. The minimum atomic E-state index is -0.870. The molecule has 1 N–H and O–H groups in total. The normalized spacial score (nSPS) is 32.1. The highest BCUT2D eigenvalue weighted by Crippen LogP contribution is 2.33. The third-order valence-electron chi connectivity index (χ3n) is 2.84. The van der Waals surface area contributed by atoms with Crippen molar-refractivity contribution in [1.29, 1.82) is 0 Å². The van der Waals surface area contributed by atoms with Crippen LogP contribution in [0.2, 0.25) is 0 Å². The van der Waals surface area contributed by atoms with Crippen LogP contribution < -0.4 is 0 Å². The van der Waals surface area contributed by atoms with E-state index in [1.54, 1.807) is 17.9 Å². The van der Waals surface area contributed by atoms with Gasteiger partial charge in [-0.25, -0.2) is 4.68 Å². The zero-order valence-corrected chi connectivity index (χ0v) is 8.51. The van der Waals surface area contributed by atoms with Gasteiger partial charge in [0.25, 0.3) is 0 Å². The Hall–Kier alpha value is -1.16. The summed E-state index contributed by atoms with van der Waals surface area (Å²) in [5, 5.41) is 18.0. The van der Waals surface area contributed by atoms with Crippen LogP contribution in [0.4, 0.5) is 0 Å². The van der Waals surface area contributed by atoms with Crippen LogP contribution in [-0.4, -0.2) is 20.1 Å². The zero-order chi connectivity index (χ0) is 10.2. The molecule has 2 rings (SSSR count). The monoisotopic (exact) mass is 193 g/mol. The number of hydrogen-bond acceptors (Lipinski definition) is 3. The summed E-state index contributed by atoms with van der Waals surface area (Å²) in [4.78, 5) is 0. The smallest absolute Gasteiger partial charge is 0.126 e. The van der Waals surface area contributed by atoms with Gasteiger partial charge in [-0.2, -0.15) is 0 Å². The molecule has 0 radical (unpaired) electrons. The van der Waals surface area contributed by atoms with Crippen LogP contribution in [-0.2, 0) is 12.6 Å².